The quantitative estimate of drug-likeness (QED) is 0.839. The van der Waals surface area contributed by atoms with Gasteiger partial charge in [-0.05, 0) is 31.1 Å². The molecule has 0 aromatic carbocycles. The highest BCUT2D eigenvalue weighted by Gasteiger charge is 2.33. The molecule has 3 heteroatoms. The Kier molecular flexibility index (Phi) is 6.31. The van der Waals surface area contributed by atoms with Gasteiger partial charge in [0, 0.05) is 38.3 Å². The van der Waals surface area contributed by atoms with Crippen LogP contribution in [0.2, 0.25) is 0 Å². The molecule has 0 saturated carbocycles. The molecule has 3 nitrogen and oxygen atoms in total. The maximum Gasteiger partial charge on any atom is 0.0702 e. The number of nitrogens with zero attached hydrogens (tertiary/aromatic N) is 1. The highest BCUT2D eigenvalue weighted by atomic mass is 16.5. The Bertz CT molecular complexity index is 274. The lowest BCUT2D eigenvalue weighted by molar-refractivity contribution is -0.0294. The predicted molar refractivity (Wildman–Crippen MR) is 85.0 cm³/mol. The van der Waals surface area contributed by atoms with Crippen LogP contribution in [0.15, 0.2) is 0 Å². The molecular weight excluding hydrogens is 248 g/mol. The minimum absolute atomic E-state index is 0.473. The number of hydrogen-bond acceptors (Lipinski definition) is 3. The Morgan fingerprint density at radius 2 is 2.05 bits per heavy atom. The minimum Gasteiger partial charge on any atom is -0.377 e. The summed E-state index contributed by atoms with van der Waals surface area (Å²) >= 11 is 0. The van der Waals surface area contributed by atoms with Crippen LogP contribution < -0.4 is 5.32 Å². The van der Waals surface area contributed by atoms with Crippen molar-refractivity contribution < 1.29 is 4.74 Å². The molecule has 0 aromatic heterocycles. The first-order valence-electron chi connectivity index (χ1n) is 8.70. The summed E-state index contributed by atoms with van der Waals surface area (Å²) in [6.45, 7) is 13.8. The molecule has 0 radical (unpaired) electrons. The van der Waals surface area contributed by atoms with Gasteiger partial charge in [-0.3, -0.25) is 4.90 Å². The van der Waals surface area contributed by atoms with Crippen molar-refractivity contribution in [3.05, 3.63) is 0 Å². The fraction of sp³-hybridized carbons (Fsp3) is 1.00. The Balaban J connectivity index is 1.94. The third kappa shape index (κ3) is 4.19. The van der Waals surface area contributed by atoms with Gasteiger partial charge in [0.1, 0.15) is 0 Å². The molecule has 118 valence electrons. The molecule has 2 saturated heterocycles. The second-order valence-corrected chi connectivity index (χ2v) is 7.15. The number of piperazine rings is 1. The number of hydrogen-bond donors (Lipinski definition) is 1. The third-order valence-corrected chi connectivity index (χ3v) is 5.30. The van der Waals surface area contributed by atoms with E-state index >= 15 is 0 Å². The van der Waals surface area contributed by atoms with Crippen molar-refractivity contribution in [1.29, 1.82) is 0 Å². The van der Waals surface area contributed by atoms with E-state index in [0.717, 1.165) is 25.6 Å². The molecule has 2 aliphatic rings. The number of rotatable bonds is 5. The molecule has 2 aliphatic heterocycles. The van der Waals surface area contributed by atoms with Gasteiger partial charge in [0.2, 0.25) is 0 Å². The van der Waals surface area contributed by atoms with Crippen molar-refractivity contribution in [3.63, 3.8) is 0 Å². The van der Waals surface area contributed by atoms with E-state index in [1.54, 1.807) is 0 Å². The zero-order valence-corrected chi connectivity index (χ0v) is 13.9. The molecule has 2 fully saturated rings. The zero-order chi connectivity index (χ0) is 14.5. The summed E-state index contributed by atoms with van der Waals surface area (Å²) < 4.78 is 5.97. The fourth-order valence-corrected chi connectivity index (χ4v) is 3.60. The summed E-state index contributed by atoms with van der Waals surface area (Å²) in [5.74, 6) is 1.47. The standard InChI is InChI=1S/C17H34N2O/c1-5-14(4)16-12-19(17(10-18-16)13(2)3)11-15-8-6-7-9-20-15/h13-18H,5-12H2,1-4H3. The maximum atomic E-state index is 5.97. The molecular formula is C17H34N2O. The fourth-order valence-electron chi connectivity index (χ4n) is 3.60. The lowest BCUT2D eigenvalue weighted by atomic mass is 9.91. The van der Waals surface area contributed by atoms with Gasteiger partial charge in [-0.2, -0.15) is 0 Å². The first-order chi connectivity index (χ1) is 9.61. The van der Waals surface area contributed by atoms with E-state index in [2.05, 4.69) is 37.9 Å². The molecule has 4 unspecified atom stereocenters. The van der Waals surface area contributed by atoms with Crippen LogP contribution in [0.5, 0.6) is 0 Å². The van der Waals surface area contributed by atoms with E-state index in [0.29, 0.717) is 24.1 Å². The normalized spacial score (nSPS) is 34.4. The Labute approximate surface area is 125 Å². The summed E-state index contributed by atoms with van der Waals surface area (Å²) in [4.78, 5) is 2.72. The largest absolute Gasteiger partial charge is 0.377 e. The van der Waals surface area contributed by atoms with E-state index in [1.165, 1.54) is 32.2 Å². The summed E-state index contributed by atoms with van der Waals surface area (Å²) in [5.41, 5.74) is 0. The Morgan fingerprint density at radius 1 is 1.25 bits per heavy atom. The Morgan fingerprint density at radius 3 is 2.65 bits per heavy atom. The van der Waals surface area contributed by atoms with Crippen molar-refractivity contribution in [2.75, 3.05) is 26.2 Å². The molecule has 4 atom stereocenters. The zero-order valence-electron chi connectivity index (χ0n) is 13.9. The van der Waals surface area contributed by atoms with Crippen LogP contribution in [-0.4, -0.2) is 49.3 Å². The van der Waals surface area contributed by atoms with Crippen molar-refractivity contribution >= 4 is 0 Å². The van der Waals surface area contributed by atoms with Crippen LogP contribution in [0, 0.1) is 11.8 Å². The lowest BCUT2D eigenvalue weighted by Crippen LogP contribution is -2.61. The summed E-state index contributed by atoms with van der Waals surface area (Å²) in [7, 11) is 0. The topological polar surface area (TPSA) is 24.5 Å². The van der Waals surface area contributed by atoms with Crippen LogP contribution in [-0.2, 0) is 4.74 Å². The van der Waals surface area contributed by atoms with Gasteiger partial charge >= 0.3 is 0 Å². The minimum atomic E-state index is 0.473. The first kappa shape index (κ1) is 16.3. The SMILES string of the molecule is CCC(C)C1CN(CC2CCCCO2)C(C(C)C)CN1. The van der Waals surface area contributed by atoms with E-state index in [-0.39, 0.29) is 0 Å². The van der Waals surface area contributed by atoms with Crippen LogP contribution in [0.3, 0.4) is 0 Å². The molecule has 0 aromatic rings. The van der Waals surface area contributed by atoms with Crippen molar-refractivity contribution in [2.24, 2.45) is 11.8 Å². The van der Waals surface area contributed by atoms with Crippen molar-refractivity contribution in [3.8, 4) is 0 Å². The summed E-state index contributed by atoms with van der Waals surface area (Å²) in [6.07, 6.45) is 5.58. The van der Waals surface area contributed by atoms with Crippen molar-refractivity contribution in [2.45, 2.75) is 71.6 Å². The highest BCUT2D eigenvalue weighted by molar-refractivity contribution is 4.90. The average Bonchev–Trinajstić information content (AvgIpc) is 2.47. The van der Waals surface area contributed by atoms with Crippen molar-refractivity contribution in [1.82, 2.24) is 10.2 Å². The molecule has 0 bridgehead atoms. The molecule has 2 heterocycles. The molecule has 0 amide bonds. The van der Waals surface area contributed by atoms with Gasteiger partial charge < -0.3 is 10.1 Å². The van der Waals surface area contributed by atoms with Gasteiger partial charge in [0.05, 0.1) is 6.10 Å². The van der Waals surface area contributed by atoms with Gasteiger partial charge in [-0.25, -0.2) is 0 Å². The monoisotopic (exact) mass is 282 g/mol. The predicted octanol–water partition coefficient (Wildman–Crippen LogP) is 2.90. The van der Waals surface area contributed by atoms with Crippen LogP contribution in [0.25, 0.3) is 0 Å². The van der Waals surface area contributed by atoms with E-state index < -0.39 is 0 Å². The summed E-state index contributed by atoms with van der Waals surface area (Å²) in [6, 6.07) is 1.32. The highest BCUT2D eigenvalue weighted by Crippen LogP contribution is 2.22. The van der Waals surface area contributed by atoms with Gasteiger partial charge in [0.15, 0.2) is 0 Å². The third-order valence-electron chi connectivity index (χ3n) is 5.30. The van der Waals surface area contributed by atoms with E-state index in [4.69, 9.17) is 4.74 Å². The average molecular weight is 282 g/mol. The number of ether oxygens (including phenoxy) is 1. The Hall–Kier alpha value is -0.120. The second kappa shape index (κ2) is 7.77. The maximum absolute atomic E-state index is 5.97. The first-order valence-corrected chi connectivity index (χ1v) is 8.70. The van der Waals surface area contributed by atoms with Crippen LogP contribution in [0.4, 0.5) is 0 Å². The molecule has 0 aliphatic carbocycles. The van der Waals surface area contributed by atoms with Gasteiger partial charge in [0.25, 0.3) is 0 Å². The molecule has 0 spiro atoms. The molecule has 20 heavy (non-hydrogen) atoms. The van der Waals surface area contributed by atoms with E-state index in [1.807, 2.05) is 0 Å². The summed E-state index contributed by atoms with van der Waals surface area (Å²) in [5, 5.41) is 3.79. The lowest BCUT2D eigenvalue weighted by Gasteiger charge is -2.45. The van der Waals surface area contributed by atoms with E-state index in [9.17, 15) is 0 Å². The second-order valence-electron chi connectivity index (χ2n) is 7.15. The van der Waals surface area contributed by atoms with Crippen LogP contribution in [0.1, 0.15) is 53.4 Å². The number of nitrogens with one attached hydrogen (secondary N) is 1. The smallest absolute Gasteiger partial charge is 0.0702 e. The molecule has 1 N–H and O–H groups in total. The molecule has 2 rings (SSSR count). The van der Waals surface area contributed by atoms with Crippen LogP contribution >= 0.6 is 0 Å². The van der Waals surface area contributed by atoms with Gasteiger partial charge in [-0.15, -0.1) is 0 Å². The van der Waals surface area contributed by atoms with Gasteiger partial charge in [-0.1, -0.05) is 34.1 Å².